The van der Waals surface area contributed by atoms with Crippen LogP contribution in [0.3, 0.4) is 0 Å². The van der Waals surface area contributed by atoms with Gasteiger partial charge in [-0.2, -0.15) is 0 Å². The molecule has 0 spiro atoms. The summed E-state index contributed by atoms with van der Waals surface area (Å²) in [7, 11) is 0. The zero-order valence-electron chi connectivity index (χ0n) is 7.92. The van der Waals surface area contributed by atoms with Crippen molar-refractivity contribution < 1.29 is 80.2 Å². The molecule has 0 unspecified atom stereocenters. The van der Waals surface area contributed by atoms with Gasteiger partial charge in [0.05, 0.1) is 5.92 Å². The molecule has 11 heavy (non-hydrogen) atoms. The van der Waals surface area contributed by atoms with Crippen LogP contribution in [0, 0.1) is 5.92 Å². The Morgan fingerprint density at radius 1 is 1.36 bits per heavy atom. The third-order valence-corrected chi connectivity index (χ3v) is 2.12. The van der Waals surface area contributed by atoms with Gasteiger partial charge in [0.15, 0.2) is 0 Å². The Kier molecular flexibility index (Phi) is 6.83. The van der Waals surface area contributed by atoms with Gasteiger partial charge in [0.25, 0.3) is 0 Å². The van der Waals surface area contributed by atoms with Crippen LogP contribution in [-0.4, -0.2) is 17.1 Å². The van der Waals surface area contributed by atoms with Crippen molar-refractivity contribution in [2.24, 2.45) is 11.7 Å². The predicted octanol–water partition coefficient (Wildman–Crippen LogP) is -2.29. The van der Waals surface area contributed by atoms with Crippen molar-refractivity contribution in [1.82, 2.24) is 0 Å². The summed E-state index contributed by atoms with van der Waals surface area (Å²) in [5.74, 6) is -0.785. The van der Waals surface area contributed by atoms with Gasteiger partial charge in [0.1, 0.15) is 0 Å². The first-order valence-corrected chi connectivity index (χ1v) is 3.68. The predicted molar refractivity (Wildman–Crippen MR) is 38.7 cm³/mol. The van der Waals surface area contributed by atoms with Gasteiger partial charge in [0, 0.05) is 6.04 Å². The third kappa shape index (κ3) is 4.31. The maximum atomic E-state index is 10.4. The molecule has 0 atom stereocenters. The van der Waals surface area contributed by atoms with Gasteiger partial charge in [-0.05, 0) is 25.7 Å². The van der Waals surface area contributed by atoms with Crippen molar-refractivity contribution in [1.29, 1.82) is 0 Å². The molecule has 3 N–H and O–H groups in total. The number of hydrogen-bond acceptors (Lipinski definition) is 2. The Hall–Kier alpha value is 1.48. The zero-order valence-corrected chi connectivity index (χ0v) is 13.2. The van der Waals surface area contributed by atoms with Gasteiger partial charge in [-0.3, -0.25) is 4.79 Å². The number of rotatable bonds is 1. The van der Waals surface area contributed by atoms with E-state index in [9.17, 15) is 4.79 Å². The fraction of sp³-hybridized carbons (Fsp3) is 0.857. The number of carboxylic acid groups (broad SMARTS) is 1. The average Bonchev–Trinajstić information content (AvgIpc) is 1.88. The topological polar surface area (TPSA) is 63.3 Å². The largest absolute Gasteiger partial charge is 1.00 e. The molecule has 0 aromatic carbocycles. The van der Waals surface area contributed by atoms with E-state index in [0.717, 1.165) is 25.7 Å². The van der Waals surface area contributed by atoms with Gasteiger partial charge < -0.3 is 12.3 Å². The maximum Gasteiger partial charge on any atom is 1.00 e. The number of carboxylic acids is 1. The van der Waals surface area contributed by atoms with Crippen LogP contribution in [0.25, 0.3) is 0 Å². The van der Waals surface area contributed by atoms with Crippen LogP contribution in [0.1, 0.15) is 27.1 Å². The van der Waals surface area contributed by atoms with Crippen molar-refractivity contribution in [3.63, 3.8) is 0 Å². The monoisotopic (exact) mass is 277 g/mol. The van der Waals surface area contributed by atoms with Crippen molar-refractivity contribution in [2.45, 2.75) is 31.7 Å². The van der Waals surface area contributed by atoms with Gasteiger partial charge in [0.2, 0.25) is 0 Å². The Morgan fingerprint density at radius 2 is 1.82 bits per heavy atom. The minimum Gasteiger partial charge on any atom is -1.00 e. The van der Waals surface area contributed by atoms with E-state index in [-0.39, 0.29) is 82.3 Å². The molecule has 0 radical (unpaired) electrons. The minimum absolute atomic E-state index is 0. The van der Waals surface area contributed by atoms with E-state index < -0.39 is 5.97 Å². The second-order valence-electron chi connectivity index (χ2n) is 2.95. The quantitative estimate of drug-likeness (QED) is 0.567. The average molecular weight is 277 g/mol. The van der Waals surface area contributed by atoms with Crippen molar-refractivity contribution in [2.75, 3.05) is 0 Å². The fourth-order valence-electron chi connectivity index (χ4n) is 1.37. The van der Waals surface area contributed by atoms with Gasteiger partial charge >= 0.3 is 74.9 Å². The molecule has 0 aromatic rings. The molecule has 0 heterocycles. The molecule has 1 fully saturated rings. The Balaban J connectivity index is 0. The molecule has 0 saturated heterocycles. The van der Waals surface area contributed by atoms with E-state index in [4.69, 9.17) is 10.8 Å². The van der Waals surface area contributed by atoms with Crippen molar-refractivity contribution in [3.8, 4) is 0 Å². The first kappa shape index (κ1) is 12.5. The van der Waals surface area contributed by atoms with E-state index in [1.807, 2.05) is 0 Å². The molecule has 1 saturated carbocycles. The Bertz CT molecular complexity index is 137. The van der Waals surface area contributed by atoms with Crippen molar-refractivity contribution in [3.05, 3.63) is 0 Å². The molecule has 1 rings (SSSR count). The zero-order chi connectivity index (χ0) is 7.56. The van der Waals surface area contributed by atoms with Crippen LogP contribution in [-0.2, 0) is 4.79 Å². The molecule has 60 valence electrons. The Labute approximate surface area is 127 Å². The van der Waals surface area contributed by atoms with Crippen LogP contribution in [0.5, 0.6) is 0 Å². The number of aliphatic carboxylic acids is 1. The summed E-state index contributed by atoms with van der Waals surface area (Å²) in [6, 6.07) is 0.246. The second kappa shape index (κ2) is 6.02. The minimum atomic E-state index is -0.660. The number of carbonyl (C=O) groups is 1. The molecule has 0 aromatic heterocycles. The van der Waals surface area contributed by atoms with Crippen LogP contribution in [0.2, 0.25) is 0 Å². The molecule has 0 amide bonds. The standard InChI is InChI=1S/C7H13NO2.Cs.H/c8-6-3-1-5(2-4-6)7(9)10;;/h5-6H,1-4,8H2,(H,9,10);;/q;+1;-1. The van der Waals surface area contributed by atoms with E-state index in [2.05, 4.69) is 0 Å². The number of nitrogens with two attached hydrogens (primary N) is 1. The van der Waals surface area contributed by atoms with Gasteiger partial charge in [-0.1, -0.05) is 0 Å². The summed E-state index contributed by atoms with van der Waals surface area (Å²) in [6.07, 6.45) is 3.26. The number of hydrogen-bond donors (Lipinski definition) is 2. The van der Waals surface area contributed by atoms with Crippen molar-refractivity contribution >= 4 is 5.97 Å². The van der Waals surface area contributed by atoms with Crippen LogP contribution >= 0.6 is 0 Å². The molecule has 4 heteroatoms. The van der Waals surface area contributed by atoms with Gasteiger partial charge in [-0.25, -0.2) is 0 Å². The first-order chi connectivity index (χ1) is 4.70. The van der Waals surface area contributed by atoms with Crippen LogP contribution < -0.4 is 74.6 Å². The Morgan fingerprint density at radius 3 is 2.18 bits per heavy atom. The smallest absolute Gasteiger partial charge is 1.00 e. The van der Waals surface area contributed by atoms with E-state index in [1.165, 1.54) is 0 Å². The van der Waals surface area contributed by atoms with Crippen LogP contribution in [0.15, 0.2) is 0 Å². The SMILES string of the molecule is NC1CCC(C(=O)O)CC1.[Cs+].[H-]. The third-order valence-electron chi connectivity index (χ3n) is 2.12. The summed E-state index contributed by atoms with van der Waals surface area (Å²) in [4.78, 5) is 10.4. The molecular weight excluding hydrogens is 263 g/mol. The normalized spacial score (nSPS) is 30.6. The second-order valence-corrected chi connectivity index (χ2v) is 2.95. The van der Waals surface area contributed by atoms with E-state index in [1.54, 1.807) is 0 Å². The molecule has 1 aliphatic carbocycles. The summed E-state index contributed by atoms with van der Waals surface area (Å²) < 4.78 is 0. The molecule has 0 bridgehead atoms. The summed E-state index contributed by atoms with van der Waals surface area (Å²) in [5.41, 5.74) is 5.60. The molecular formula is C7H14CsNO2. The molecule has 0 aliphatic heterocycles. The fourth-order valence-corrected chi connectivity index (χ4v) is 1.37. The summed E-state index contributed by atoms with van der Waals surface area (Å²) in [5, 5.41) is 8.58. The molecule has 3 nitrogen and oxygen atoms in total. The maximum absolute atomic E-state index is 10.4. The first-order valence-electron chi connectivity index (χ1n) is 3.68. The summed E-state index contributed by atoms with van der Waals surface area (Å²) >= 11 is 0. The van der Waals surface area contributed by atoms with E-state index >= 15 is 0 Å². The van der Waals surface area contributed by atoms with Gasteiger partial charge in [-0.15, -0.1) is 0 Å². The van der Waals surface area contributed by atoms with E-state index in [0.29, 0.717) is 0 Å². The summed E-state index contributed by atoms with van der Waals surface area (Å²) in [6.45, 7) is 0. The van der Waals surface area contributed by atoms with Crippen LogP contribution in [0.4, 0.5) is 0 Å². The molecule has 1 aliphatic rings.